The number of nitrogens with zero attached hydrogens (tertiary/aromatic N) is 1. The van der Waals surface area contributed by atoms with E-state index in [-0.39, 0.29) is 0 Å². The van der Waals surface area contributed by atoms with E-state index in [1.165, 1.54) is 37.7 Å². The van der Waals surface area contributed by atoms with Crippen LogP contribution in [0.2, 0.25) is 0 Å². The molecule has 1 fully saturated rings. The predicted octanol–water partition coefficient (Wildman–Crippen LogP) is 6.39. The third-order valence-electron chi connectivity index (χ3n) is 5.05. The Labute approximate surface area is 151 Å². The van der Waals surface area contributed by atoms with Crippen molar-refractivity contribution in [3.63, 3.8) is 0 Å². The van der Waals surface area contributed by atoms with Gasteiger partial charge in [-0.05, 0) is 60.4 Å². The molecule has 1 aliphatic carbocycles. The molecule has 0 amide bonds. The summed E-state index contributed by atoms with van der Waals surface area (Å²) in [6, 6.07) is 14.3. The van der Waals surface area contributed by atoms with Crippen molar-refractivity contribution in [3.8, 4) is 5.75 Å². The van der Waals surface area contributed by atoms with E-state index >= 15 is 0 Å². The minimum atomic E-state index is 0.396. The lowest BCUT2D eigenvalue weighted by Crippen LogP contribution is -2.07. The van der Waals surface area contributed by atoms with Crippen LogP contribution >= 0.6 is 0 Å². The fourth-order valence-corrected chi connectivity index (χ4v) is 3.77. The zero-order valence-corrected chi connectivity index (χ0v) is 15.4. The van der Waals surface area contributed by atoms with Crippen LogP contribution < -0.4 is 0 Å². The summed E-state index contributed by atoms with van der Waals surface area (Å²) in [5.41, 5.74) is 4.20. The zero-order chi connectivity index (χ0) is 17.6. The van der Waals surface area contributed by atoms with E-state index in [1.54, 1.807) is 0 Å². The molecule has 0 aromatic heterocycles. The Kier molecular flexibility index (Phi) is 5.91. The third kappa shape index (κ3) is 4.72. The number of phenolic OH excluding ortho intramolecular Hbond substituents is 1. The highest BCUT2D eigenvalue weighted by Gasteiger charge is 2.19. The smallest absolute Gasteiger partial charge is 0.127 e. The van der Waals surface area contributed by atoms with E-state index in [0.717, 1.165) is 23.2 Å². The average molecular weight is 335 g/mol. The fourth-order valence-electron chi connectivity index (χ4n) is 3.77. The Hall–Kier alpha value is -2.09. The summed E-state index contributed by atoms with van der Waals surface area (Å²) in [7, 11) is 0. The van der Waals surface area contributed by atoms with Gasteiger partial charge in [0.2, 0.25) is 0 Å². The van der Waals surface area contributed by atoms with Crippen LogP contribution in [-0.2, 0) is 6.42 Å². The summed E-state index contributed by atoms with van der Waals surface area (Å²) in [5.74, 6) is 1.54. The maximum Gasteiger partial charge on any atom is 0.127 e. The van der Waals surface area contributed by atoms with Gasteiger partial charge in [0.1, 0.15) is 5.75 Å². The lowest BCUT2D eigenvalue weighted by Gasteiger charge is -2.24. The molecule has 0 radical (unpaired) electrons. The normalized spacial score (nSPS) is 16.0. The maximum atomic E-state index is 10.7. The van der Waals surface area contributed by atoms with Crippen molar-refractivity contribution in [2.45, 2.75) is 58.3 Å². The first-order chi connectivity index (χ1) is 12.1. The standard InChI is InChI=1S/C23H29NO/c1-17(2)13-20-14-19(18-9-5-3-6-10-18)15-21(23(20)25)16-24-22-11-7-4-8-12-22/h4,7-8,11-12,14-18,25H,3,5-6,9-10,13H2,1-2H3. The van der Waals surface area contributed by atoms with Gasteiger partial charge in [-0.2, -0.15) is 0 Å². The van der Waals surface area contributed by atoms with Crippen molar-refractivity contribution >= 4 is 11.9 Å². The Morgan fingerprint density at radius 3 is 2.48 bits per heavy atom. The van der Waals surface area contributed by atoms with Crippen molar-refractivity contribution in [3.05, 3.63) is 59.2 Å². The first kappa shape index (κ1) is 17.7. The first-order valence-electron chi connectivity index (χ1n) is 9.58. The topological polar surface area (TPSA) is 32.6 Å². The Morgan fingerprint density at radius 1 is 1.08 bits per heavy atom. The van der Waals surface area contributed by atoms with Gasteiger partial charge in [0.25, 0.3) is 0 Å². The van der Waals surface area contributed by atoms with Crippen molar-refractivity contribution < 1.29 is 5.11 Å². The van der Waals surface area contributed by atoms with E-state index in [9.17, 15) is 5.11 Å². The van der Waals surface area contributed by atoms with Crippen LogP contribution in [0.3, 0.4) is 0 Å². The quantitative estimate of drug-likeness (QED) is 0.631. The molecule has 2 aromatic rings. The Balaban J connectivity index is 1.95. The molecule has 1 saturated carbocycles. The monoisotopic (exact) mass is 335 g/mol. The van der Waals surface area contributed by atoms with E-state index in [1.807, 2.05) is 36.5 Å². The fraction of sp³-hybridized carbons (Fsp3) is 0.435. The predicted molar refractivity (Wildman–Crippen MR) is 106 cm³/mol. The highest BCUT2D eigenvalue weighted by Crippen LogP contribution is 2.36. The molecule has 2 heteroatoms. The number of rotatable bonds is 5. The van der Waals surface area contributed by atoms with Crippen LogP contribution in [0.5, 0.6) is 5.75 Å². The molecule has 0 saturated heterocycles. The van der Waals surface area contributed by atoms with E-state index in [0.29, 0.717) is 17.6 Å². The minimum Gasteiger partial charge on any atom is -0.507 e. The van der Waals surface area contributed by atoms with Gasteiger partial charge in [0.05, 0.1) is 5.69 Å². The molecule has 132 valence electrons. The summed E-state index contributed by atoms with van der Waals surface area (Å²) in [4.78, 5) is 4.56. The van der Waals surface area contributed by atoms with Gasteiger partial charge in [-0.3, -0.25) is 4.99 Å². The molecule has 1 aliphatic rings. The van der Waals surface area contributed by atoms with Crippen LogP contribution in [0.25, 0.3) is 0 Å². The van der Waals surface area contributed by atoms with E-state index in [4.69, 9.17) is 0 Å². The second-order valence-corrected chi connectivity index (χ2v) is 7.64. The molecule has 25 heavy (non-hydrogen) atoms. The molecular formula is C23H29NO. The number of hydrogen-bond acceptors (Lipinski definition) is 2. The molecule has 2 nitrogen and oxygen atoms in total. The summed E-state index contributed by atoms with van der Waals surface area (Å²) in [5, 5.41) is 10.7. The molecule has 0 spiro atoms. The van der Waals surface area contributed by atoms with Gasteiger partial charge in [-0.15, -0.1) is 0 Å². The lowest BCUT2D eigenvalue weighted by atomic mass is 9.82. The Morgan fingerprint density at radius 2 is 1.80 bits per heavy atom. The average Bonchev–Trinajstić information content (AvgIpc) is 2.63. The third-order valence-corrected chi connectivity index (χ3v) is 5.05. The zero-order valence-electron chi connectivity index (χ0n) is 15.4. The first-order valence-corrected chi connectivity index (χ1v) is 9.58. The molecule has 0 unspecified atom stereocenters. The molecule has 0 aliphatic heterocycles. The molecular weight excluding hydrogens is 306 g/mol. The molecule has 0 bridgehead atoms. The van der Waals surface area contributed by atoms with Crippen LogP contribution in [0.1, 0.15) is 68.6 Å². The van der Waals surface area contributed by atoms with Crippen molar-refractivity contribution in [1.82, 2.24) is 0 Å². The largest absolute Gasteiger partial charge is 0.507 e. The summed E-state index contributed by atoms with van der Waals surface area (Å²) in [6.07, 6.45) is 9.24. The number of para-hydroxylation sites is 1. The van der Waals surface area contributed by atoms with Crippen LogP contribution in [0, 0.1) is 5.92 Å². The van der Waals surface area contributed by atoms with Crippen LogP contribution in [0.4, 0.5) is 5.69 Å². The van der Waals surface area contributed by atoms with E-state index < -0.39 is 0 Å². The van der Waals surface area contributed by atoms with Gasteiger partial charge < -0.3 is 5.11 Å². The number of phenols is 1. The summed E-state index contributed by atoms with van der Waals surface area (Å²) in [6.45, 7) is 4.40. The molecule has 1 N–H and O–H groups in total. The maximum absolute atomic E-state index is 10.7. The number of hydrogen-bond donors (Lipinski definition) is 1. The second-order valence-electron chi connectivity index (χ2n) is 7.64. The summed E-state index contributed by atoms with van der Waals surface area (Å²) < 4.78 is 0. The lowest BCUT2D eigenvalue weighted by molar-refractivity contribution is 0.439. The van der Waals surface area contributed by atoms with Crippen molar-refractivity contribution in [1.29, 1.82) is 0 Å². The van der Waals surface area contributed by atoms with Crippen LogP contribution in [-0.4, -0.2) is 11.3 Å². The summed E-state index contributed by atoms with van der Waals surface area (Å²) >= 11 is 0. The number of aliphatic imine (C=N–C) groups is 1. The Bertz CT molecular complexity index is 712. The van der Waals surface area contributed by atoms with Gasteiger partial charge >= 0.3 is 0 Å². The number of benzene rings is 2. The van der Waals surface area contributed by atoms with Gasteiger partial charge in [0.15, 0.2) is 0 Å². The van der Waals surface area contributed by atoms with Gasteiger partial charge in [-0.1, -0.05) is 57.4 Å². The highest BCUT2D eigenvalue weighted by atomic mass is 16.3. The van der Waals surface area contributed by atoms with Crippen molar-refractivity contribution in [2.24, 2.45) is 10.9 Å². The van der Waals surface area contributed by atoms with Crippen molar-refractivity contribution in [2.75, 3.05) is 0 Å². The van der Waals surface area contributed by atoms with Crippen LogP contribution in [0.15, 0.2) is 47.5 Å². The highest BCUT2D eigenvalue weighted by molar-refractivity contribution is 5.86. The number of aromatic hydroxyl groups is 1. The second kappa shape index (κ2) is 8.33. The minimum absolute atomic E-state index is 0.396. The van der Waals surface area contributed by atoms with E-state index in [2.05, 4.69) is 31.0 Å². The van der Waals surface area contributed by atoms with Gasteiger partial charge in [0, 0.05) is 11.8 Å². The van der Waals surface area contributed by atoms with Gasteiger partial charge in [-0.25, -0.2) is 0 Å². The molecule has 2 aromatic carbocycles. The SMILES string of the molecule is CC(C)Cc1cc(C2CCCCC2)cc(C=Nc2ccccc2)c1O. The molecule has 0 heterocycles. The molecule has 0 atom stereocenters. The molecule has 3 rings (SSSR count).